The van der Waals surface area contributed by atoms with E-state index in [9.17, 15) is 39.8 Å². The highest BCUT2D eigenvalue weighted by molar-refractivity contribution is 7.99. The molecule has 210 valence electrons. The van der Waals surface area contributed by atoms with Gasteiger partial charge in [0.05, 0.1) is 68.9 Å². The summed E-state index contributed by atoms with van der Waals surface area (Å²) in [5, 5.41) is 0. The molecule has 38 heavy (non-hydrogen) atoms. The minimum absolute atomic E-state index is 0.131. The predicted molar refractivity (Wildman–Crippen MR) is 138 cm³/mol. The fourth-order valence-electron chi connectivity index (χ4n) is 4.24. The van der Waals surface area contributed by atoms with E-state index in [0.29, 0.717) is 12.1 Å². The van der Waals surface area contributed by atoms with Gasteiger partial charge in [-0.15, -0.1) is 0 Å². The van der Waals surface area contributed by atoms with Crippen LogP contribution in [0.4, 0.5) is 11.4 Å². The standard InChI is InChI=1S/C21H28N4O9S4/c1-22(21(26)14-17-7-2-3-10-19(17)25(37(31)32)38(33)34)20(15-23-11-4-5-12-23)16-8-6-9-18(13-16)24(35(27)28)36(29)30/h2-3,6-10,13,20H,4-5,11-12,14-15H2,1H3,(H,27,28)(H,29,30)(H,31,32)(H,33,34)/p-4. The number of likely N-dealkylation sites (tertiary alicyclic amines) is 1. The molecule has 1 heterocycles. The topological polar surface area (TPSA) is 191 Å². The van der Waals surface area contributed by atoms with Gasteiger partial charge >= 0.3 is 0 Å². The Bertz CT molecular complexity index is 1220. The first-order valence-electron chi connectivity index (χ1n) is 11.1. The van der Waals surface area contributed by atoms with Crippen molar-refractivity contribution >= 4 is 62.3 Å². The summed E-state index contributed by atoms with van der Waals surface area (Å²) in [4.78, 5) is 16.9. The Hall–Kier alpha value is -2.09. The van der Waals surface area contributed by atoms with Crippen LogP contribution in [-0.2, 0) is 56.3 Å². The van der Waals surface area contributed by atoms with E-state index in [-0.39, 0.29) is 30.8 Å². The van der Waals surface area contributed by atoms with E-state index in [2.05, 4.69) is 4.90 Å². The Labute approximate surface area is 230 Å². The van der Waals surface area contributed by atoms with Gasteiger partial charge in [-0.1, -0.05) is 30.3 Å². The van der Waals surface area contributed by atoms with Crippen molar-refractivity contribution in [3.8, 4) is 0 Å². The number of hydrogen-bond acceptors (Lipinski definition) is 10. The number of amides is 1. The number of rotatable bonds is 12. The Balaban J connectivity index is 1.95. The number of para-hydroxylation sites is 1. The van der Waals surface area contributed by atoms with Crippen LogP contribution in [0.15, 0.2) is 48.5 Å². The van der Waals surface area contributed by atoms with Crippen molar-refractivity contribution in [2.24, 2.45) is 0 Å². The highest BCUT2D eigenvalue weighted by atomic mass is 32.3. The SMILES string of the molecule is CN(C(=O)Cc1ccccc1N(S(=O)[O-])S(=O)[O-])C(CN1CCCC1)c1cccc(N(S(=O)[O-])S(=O)[O-])c1. The number of carbonyl (C=O) groups excluding carboxylic acids is 1. The molecule has 1 saturated heterocycles. The Morgan fingerprint density at radius 1 is 0.868 bits per heavy atom. The monoisotopic (exact) mass is 604 g/mol. The number of benzene rings is 2. The van der Waals surface area contributed by atoms with Gasteiger partial charge < -0.3 is 28.0 Å². The molecule has 5 atom stereocenters. The van der Waals surface area contributed by atoms with Crippen LogP contribution in [0, 0.1) is 0 Å². The van der Waals surface area contributed by atoms with Crippen molar-refractivity contribution in [1.82, 2.24) is 9.80 Å². The van der Waals surface area contributed by atoms with Crippen LogP contribution >= 0.6 is 0 Å². The van der Waals surface area contributed by atoms with E-state index in [1.807, 2.05) is 0 Å². The summed E-state index contributed by atoms with van der Waals surface area (Å²) in [5.74, 6) is -0.475. The molecule has 0 aliphatic carbocycles. The van der Waals surface area contributed by atoms with Gasteiger partial charge in [0.1, 0.15) is 0 Å². The van der Waals surface area contributed by atoms with Gasteiger partial charge in [-0.25, -0.2) is 7.42 Å². The van der Waals surface area contributed by atoms with Crippen molar-refractivity contribution in [3.05, 3.63) is 59.7 Å². The van der Waals surface area contributed by atoms with Gasteiger partial charge in [0.15, 0.2) is 0 Å². The van der Waals surface area contributed by atoms with Crippen LogP contribution in [0.25, 0.3) is 0 Å². The molecule has 0 bridgehead atoms. The summed E-state index contributed by atoms with van der Waals surface area (Å²) in [6.07, 6.45) is 1.59. The summed E-state index contributed by atoms with van der Waals surface area (Å²) in [6, 6.07) is 10.8. The zero-order valence-electron chi connectivity index (χ0n) is 20.0. The lowest BCUT2D eigenvalue weighted by Crippen LogP contribution is -2.39. The van der Waals surface area contributed by atoms with E-state index >= 15 is 0 Å². The van der Waals surface area contributed by atoms with E-state index < -0.39 is 57.0 Å². The zero-order valence-corrected chi connectivity index (χ0v) is 23.3. The zero-order chi connectivity index (χ0) is 28.0. The third-order valence-corrected chi connectivity index (χ3v) is 9.39. The molecule has 1 amide bonds. The lowest BCUT2D eigenvalue weighted by atomic mass is 10.0. The average molecular weight is 605 g/mol. The van der Waals surface area contributed by atoms with Crippen LogP contribution in [0.1, 0.15) is 30.0 Å². The third-order valence-electron chi connectivity index (χ3n) is 6.03. The molecule has 2 aromatic carbocycles. The first-order valence-corrected chi connectivity index (χ1v) is 15.3. The first-order chi connectivity index (χ1) is 18.0. The molecule has 5 unspecified atom stereocenters. The maximum absolute atomic E-state index is 13.4. The van der Waals surface area contributed by atoms with Crippen molar-refractivity contribution in [3.63, 3.8) is 0 Å². The maximum atomic E-state index is 13.4. The van der Waals surface area contributed by atoms with Crippen LogP contribution in [0.5, 0.6) is 0 Å². The Morgan fingerprint density at radius 2 is 1.45 bits per heavy atom. The molecule has 1 fully saturated rings. The molecular weight excluding hydrogens is 581 g/mol. The summed E-state index contributed by atoms with van der Waals surface area (Å²) in [7, 11) is 1.52. The molecule has 0 N–H and O–H groups in total. The summed E-state index contributed by atoms with van der Waals surface area (Å²) < 4.78 is 92.4. The van der Waals surface area contributed by atoms with E-state index in [4.69, 9.17) is 0 Å². The molecule has 0 saturated carbocycles. The highest BCUT2D eigenvalue weighted by Gasteiger charge is 2.27. The first kappa shape index (κ1) is 30.5. The number of hydrogen-bond donors (Lipinski definition) is 0. The molecule has 3 rings (SSSR count). The van der Waals surface area contributed by atoms with E-state index in [1.54, 1.807) is 6.07 Å². The number of carbonyl (C=O) groups is 1. The molecule has 0 spiro atoms. The number of anilines is 2. The predicted octanol–water partition coefficient (Wildman–Crippen LogP) is 0.314. The maximum Gasteiger partial charge on any atom is 0.227 e. The van der Waals surface area contributed by atoms with Crippen LogP contribution in [0.3, 0.4) is 0 Å². The molecule has 1 aliphatic heterocycles. The smallest absolute Gasteiger partial charge is 0.227 e. The second kappa shape index (κ2) is 13.8. The molecule has 2 aromatic rings. The average Bonchev–Trinajstić information content (AvgIpc) is 3.36. The second-order valence-electron chi connectivity index (χ2n) is 8.31. The number of nitrogens with zero attached hydrogens (tertiary/aromatic N) is 4. The van der Waals surface area contributed by atoms with Crippen LogP contribution in [0.2, 0.25) is 0 Å². The third kappa shape index (κ3) is 7.51. The summed E-state index contributed by atoms with van der Waals surface area (Å²) in [6.45, 7) is 1.93. The molecule has 1 aliphatic rings. The van der Waals surface area contributed by atoms with Gasteiger partial charge in [-0.3, -0.25) is 21.6 Å². The van der Waals surface area contributed by atoms with Gasteiger partial charge in [-0.05, 0) is 55.3 Å². The van der Waals surface area contributed by atoms with Gasteiger partial charge in [0.2, 0.25) is 5.91 Å². The second-order valence-corrected chi connectivity index (χ2v) is 12.0. The van der Waals surface area contributed by atoms with Gasteiger partial charge in [0, 0.05) is 13.6 Å². The summed E-state index contributed by atoms with van der Waals surface area (Å²) >= 11 is -12.5. The van der Waals surface area contributed by atoms with Crippen LogP contribution in [-0.4, -0.2) is 77.4 Å². The Morgan fingerprint density at radius 3 is 2.03 bits per heavy atom. The van der Waals surface area contributed by atoms with Crippen LogP contribution < -0.4 is 7.42 Å². The largest absolute Gasteiger partial charge is 0.754 e. The fraction of sp³-hybridized carbons (Fsp3) is 0.381. The van der Waals surface area contributed by atoms with Crippen molar-refractivity contribution < 1.29 is 39.8 Å². The van der Waals surface area contributed by atoms with Crippen molar-refractivity contribution in [1.29, 1.82) is 0 Å². The molecular formula is C21H24N4O9S4-4. The Kier molecular flexibility index (Phi) is 11.1. The van der Waals surface area contributed by atoms with Gasteiger partial charge in [0.25, 0.3) is 0 Å². The lowest BCUT2D eigenvalue weighted by molar-refractivity contribution is -0.131. The van der Waals surface area contributed by atoms with E-state index in [1.165, 1.54) is 54.4 Å². The summed E-state index contributed by atoms with van der Waals surface area (Å²) in [5.41, 5.74) is 0.303. The fourth-order valence-corrected chi connectivity index (χ4v) is 6.28. The van der Waals surface area contributed by atoms with E-state index in [0.717, 1.165) is 25.9 Å². The number of likely N-dealkylation sites (N-methyl/N-ethyl adjacent to an activating group) is 1. The van der Waals surface area contributed by atoms with Crippen molar-refractivity contribution in [2.45, 2.75) is 25.3 Å². The normalized spacial score (nSPS) is 17.8. The minimum Gasteiger partial charge on any atom is -0.754 e. The highest BCUT2D eigenvalue weighted by Crippen LogP contribution is 2.29. The van der Waals surface area contributed by atoms with Crippen molar-refractivity contribution in [2.75, 3.05) is 34.1 Å². The molecule has 0 radical (unpaired) electrons. The molecule has 13 nitrogen and oxygen atoms in total. The molecule has 0 aromatic heterocycles. The molecule has 17 heteroatoms. The quantitative estimate of drug-likeness (QED) is 0.305. The van der Waals surface area contributed by atoms with Gasteiger partial charge in [-0.2, -0.15) is 0 Å². The minimum atomic E-state index is -3.14. The lowest BCUT2D eigenvalue weighted by Gasteiger charge is -2.34.